The van der Waals surface area contributed by atoms with Gasteiger partial charge in [0.05, 0.1) is 0 Å². The number of nitrogens with one attached hydrogen (secondary N) is 1. The molecule has 1 heteroatoms. The van der Waals surface area contributed by atoms with Gasteiger partial charge in [-0.15, -0.1) is 0 Å². The molecule has 0 aliphatic rings. The van der Waals surface area contributed by atoms with E-state index >= 15 is 0 Å². The molecule has 11 heavy (non-hydrogen) atoms. The molecule has 0 rings (SSSR count). The molecule has 0 aliphatic heterocycles. The molecule has 0 amide bonds. The lowest BCUT2D eigenvalue weighted by Crippen LogP contribution is -2.15. The summed E-state index contributed by atoms with van der Waals surface area (Å²) in [5.41, 5.74) is 1.17. The Morgan fingerprint density at radius 2 is 1.91 bits per heavy atom. The van der Waals surface area contributed by atoms with Gasteiger partial charge in [0.25, 0.3) is 0 Å². The van der Waals surface area contributed by atoms with Crippen molar-refractivity contribution in [1.82, 2.24) is 5.32 Å². The van der Waals surface area contributed by atoms with E-state index in [4.69, 9.17) is 0 Å². The van der Waals surface area contributed by atoms with E-state index in [1.165, 1.54) is 5.70 Å². The summed E-state index contributed by atoms with van der Waals surface area (Å²) in [7, 11) is 0. The van der Waals surface area contributed by atoms with Gasteiger partial charge in [-0.05, 0) is 25.2 Å². The first kappa shape index (κ1) is 10.5. The van der Waals surface area contributed by atoms with E-state index in [9.17, 15) is 0 Å². The van der Waals surface area contributed by atoms with E-state index in [0.717, 1.165) is 24.8 Å². The minimum Gasteiger partial charge on any atom is -0.389 e. The van der Waals surface area contributed by atoms with Crippen molar-refractivity contribution >= 4 is 0 Å². The average Bonchev–Trinajstić information content (AvgIpc) is 1.87. The highest BCUT2D eigenvalue weighted by Crippen LogP contribution is 2.16. The zero-order valence-corrected chi connectivity index (χ0v) is 8.28. The Kier molecular flexibility index (Phi) is 5.01. The summed E-state index contributed by atoms with van der Waals surface area (Å²) in [6.07, 6.45) is 1.10. The SMILES string of the molecule is C=C(CC(C)C(C)C)NCC. The van der Waals surface area contributed by atoms with Crippen molar-refractivity contribution < 1.29 is 0 Å². The summed E-state index contributed by atoms with van der Waals surface area (Å²) >= 11 is 0. The molecule has 1 N–H and O–H groups in total. The highest BCUT2D eigenvalue weighted by atomic mass is 14.9. The van der Waals surface area contributed by atoms with Crippen LogP contribution in [-0.2, 0) is 0 Å². The van der Waals surface area contributed by atoms with Crippen LogP contribution in [0.3, 0.4) is 0 Å². The summed E-state index contributed by atoms with van der Waals surface area (Å²) in [6, 6.07) is 0. The molecule has 1 nitrogen and oxygen atoms in total. The summed E-state index contributed by atoms with van der Waals surface area (Å²) in [4.78, 5) is 0. The van der Waals surface area contributed by atoms with E-state index < -0.39 is 0 Å². The lowest BCUT2D eigenvalue weighted by molar-refractivity contribution is 0.409. The largest absolute Gasteiger partial charge is 0.389 e. The van der Waals surface area contributed by atoms with Gasteiger partial charge in [0.15, 0.2) is 0 Å². The zero-order chi connectivity index (χ0) is 8.85. The van der Waals surface area contributed by atoms with Crippen LogP contribution in [0.5, 0.6) is 0 Å². The van der Waals surface area contributed by atoms with Crippen molar-refractivity contribution in [2.24, 2.45) is 11.8 Å². The first-order chi connectivity index (χ1) is 5.07. The molecule has 0 aromatic heterocycles. The topological polar surface area (TPSA) is 12.0 Å². The normalized spacial score (nSPS) is 13.2. The van der Waals surface area contributed by atoms with E-state index in [0.29, 0.717) is 0 Å². The molecule has 66 valence electrons. The van der Waals surface area contributed by atoms with Crippen LogP contribution in [0.25, 0.3) is 0 Å². The highest BCUT2D eigenvalue weighted by molar-refractivity contribution is 4.92. The van der Waals surface area contributed by atoms with Gasteiger partial charge in [0.2, 0.25) is 0 Å². The first-order valence-corrected chi connectivity index (χ1v) is 4.49. The molecule has 0 saturated carbocycles. The van der Waals surface area contributed by atoms with Gasteiger partial charge in [-0.25, -0.2) is 0 Å². The maximum atomic E-state index is 3.96. The van der Waals surface area contributed by atoms with Gasteiger partial charge in [0.1, 0.15) is 0 Å². The predicted molar refractivity (Wildman–Crippen MR) is 51.4 cm³/mol. The van der Waals surface area contributed by atoms with Crippen LogP contribution in [0.1, 0.15) is 34.1 Å². The predicted octanol–water partition coefficient (Wildman–Crippen LogP) is 2.79. The molecule has 0 fully saturated rings. The van der Waals surface area contributed by atoms with Gasteiger partial charge < -0.3 is 5.32 Å². The number of rotatable bonds is 5. The average molecular weight is 155 g/mol. The second kappa shape index (κ2) is 5.22. The molecule has 0 aromatic carbocycles. The Hall–Kier alpha value is -0.460. The molecule has 0 aliphatic carbocycles. The minimum atomic E-state index is 0.738. The van der Waals surface area contributed by atoms with Crippen molar-refractivity contribution in [3.8, 4) is 0 Å². The quantitative estimate of drug-likeness (QED) is 0.643. The third-order valence-corrected chi connectivity index (χ3v) is 2.13. The van der Waals surface area contributed by atoms with Gasteiger partial charge in [-0.2, -0.15) is 0 Å². The maximum absolute atomic E-state index is 3.96. The third-order valence-electron chi connectivity index (χ3n) is 2.13. The molecule has 0 bridgehead atoms. The van der Waals surface area contributed by atoms with Crippen LogP contribution in [-0.4, -0.2) is 6.54 Å². The van der Waals surface area contributed by atoms with Crippen LogP contribution in [0, 0.1) is 11.8 Å². The van der Waals surface area contributed by atoms with Gasteiger partial charge in [-0.3, -0.25) is 0 Å². The number of allylic oxidation sites excluding steroid dienone is 1. The Bertz CT molecular complexity index is 116. The highest BCUT2D eigenvalue weighted by Gasteiger charge is 2.07. The standard InChI is InChI=1S/C10H21N/c1-6-11-10(5)7-9(4)8(2)3/h8-9,11H,5-7H2,1-4H3. The van der Waals surface area contributed by atoms with Gasteiger partial charge >= 0.3 is 0 Å². The minimum absolute atomic E-state index is 0.738. The van der Waals surface area contributed by atoms with Crippen molar-refractivity contribution in [3.05, 3.63) is 12.3 Å². The summed E-state index contributed by atoms with van der Waals surface area (Å²) in [6.45, 7) is 13.8. The summed E-state index contributed by atoms with van der Waals surface area (Å²) in [5.74, 6) is 1.49. The molecule has 1 atom stereocenters. The van der Waals surface area contributed by atoms with Crippen molar-refractivity contribution in [2.75, 3.05) is 6.54 Å². The zero-order valence-electron chi connectivity index (χ0n) is 8.28. The number of hydrogen-bond acceptors (Lipinski definition) is 1. The Balaban J connectivity index is 3.57. The van der Waals surface area contributed by atoms with Gasteiger partial charge in [0, 0.05) is 12.2 Å². The third kappa shape index (κ3) is 4.88. The second-order valence-electron chi connectivity index (χ2n) is 3.56. The lowest BCUT2D eigenvalue weighted by Gasteiger charge is -2.17. The fraction of sp³-hybridized carbons (Fsp3) is 0.800. The molecule has 0 saturated heterocycles. The van der Waals surface area contributed by atoms with Crippen LogP contribution in [0.2, 0.25) is 0 Å². The summed E-state index contributed by atoms with van der Waals surface area (Å²) in [5, 5.41) is 3.24. The molecule has 0 aromatic rings. The van der Waals surface area contributed by atoms with Crippen molar-refractivity contribution in [1.29, 1.82) is 0 Å². The number of hydrogen-bond donors (Lipinski definition) is 1. The Morgan fingerprint density at radius 3 is 2.27 bits per heavy atom. The van der Waals surface area contributed by atoms with Crippen LogP contribution in [0.4, 0.5) is 0 Å². The molecule has 0 radical (unpaired) electrons. The lowest BCUT2D eigenvalue weighted by atomic mass is 9.93. The van der Waals surface area contributed by atoms with Crippen LogP contribution >= 0.6 is 0 Å². The molecule has 0 heterocycles. The van der Waals surface area contributed by atoms with Crippen molar-refractivity contribution in [2.45, 2.75) is 34.1 Å². The van der Waals surface area contributed by atoms with E-state index in [1.54, 1.807) is 0 Å². The fourth-order valence-corrected chi connectivity index (χ4v) is 0.947. The van der Waals surface area contributed by atoms with E-state index in [1.807, 2.05) is 0 Å². The van der Waals surface area contributed by atoms with Crippen molar-refractivity contribution in [3.63, 3.8) is 0 Å². The smallest absolute Gasteiger partial charge is 0.0115 e. The monoisotopic (exact) mass is 155 g/mol. The molecule has 0 spiro atoms. The van der Waals surface area contributed by atoms with E-state index in [2.05, 4.69) is 39.6 Å². The summed E-state index contributed by atoms with van der Waals surface area (Å²) < 4.78 is 0. The first-order valence-electron chi connectivity index (χ1n) is 4.49. The maximum Gasteiger partial charge on any atom is 0.0115 e. The van der Waals surface area contributed by atoms with Crippen LogP contribution < -0.4 is 5.32 Å². The molecular weight excluding hydrogens is 134 g/mol. The molecule has 1 unspecified atom stereocenters. The fourth-order valence-electron chi connectivity index (χ4n) is 0.947. The second-order valence-corrected chi connectivity index (χ2v) is 3.56. The van der Waals surface area contributed by atoms with Gasteiger partial charge in [-0.1, -0.05) is 27.4 Å². The molecular formula is C10H21N. The Morgan fingerprint density at radius 1 is 1.36 bits per heavy atom. The van der Waals surface area contributed by atoms with Crippen LogP contribution in [0.15, 0.2) is 12.3 Å². The Labute approximate surface area is 70.9 Å². The van der Waals surface area contributed by atoms with E-state index in [-0.39, 0.29) is 0 Å².